The third-order valence-corrected chi connectivity index (χ3v) is 1.05. The van der Waals surface area contributed by atoms with Gasteiger partial charge in [0, 0.05) is 0 Å². The topological polar surface area (TPSA) is 0 Å². The molecule has 0 saturated heterocycles. The Labute approximate surface area is 82.4 Å². The Hall–Kier alpha value is 1.78. The van der Waals surface area contributed by atoms with Crippen molar-refractivity contribution in [3.05, 3.63) is 22.9 Å². The molecule has 0 aromatic carbocycles. The van der Waals surface area contributed by atoms with E-state index >= 15 is 0 Å². The molecule has 0 atom stereocenters. The normalized spacial score (nSPS) is 6.25. The fourth-order valence-electron chi connectivity index (χ4n) is 0.227. The average molecular weight is 403 g/mol. The van der Waals surface area contributed by atoms with Crippen molar-refractivity contribution in [2.75, 3.05) is 0 Å². The van der Waals surface area contributed by atoms with Gasteiger partial charge in [-0.3, -0.25) is 0 Å². The third kappa shape index (κ3) is 7.78. The van der Waals surface area contributed by atoms with E-state index < -0.39 is 0 Å². The molecule has 0 nitrogen and oxygen atoms in total. The molecule has 0 unspecified atom stereocenters. The van der Waals surface area contributed by atoms with Crippen LogP contribution in [-0.4, -0.2) is 0 Å². The Kier molecular flexibility index (Phi) is 10.7. The zero-order valence-electron chi connectivity index (χ0n) is 4.18. The summed E-state index contributed by atoms with van der Waals surface area (Å²) in [5, 5.41) is 4.08. The number of halogens is 2. The molecule has 0 aliphatic carbocycles. The standard InChI is InChI=1S/C4H4S.2HI.Zn/c1-2-4-5-3-1;;;/h1-4H;2*1H;/q;;;+2/p-2. The predicted octanol–water partition coefficient (Wildman–Crippen LogP) is 3.52. The SMILES string of the molecule is [I][Zn][I].c1ccsc1. The van der Waals surface area contributed by atoms with Crippen LogP contribution >= 0.6 is 50.8 Å². The van der Waals surface area contributed by atoms with Crippen LogP contribution in [0.1, 0.15) is 0 Å². The van der Waals surface area contributed by atoms with E-state index in [0.29, 0.717) is 0 Å². The van der Waals surface area contributed by atoms with Crippen molar-refractivity contribution < 1.29 is 10.1 Å². The van der Waals surface area contributed by atoms with E-state index in [0.717, 1.165) is 0 Å². The fraction of sp³-hybridized carbons (Fsp3) is 0. The molecule has 0 radical (unpaired) electrons. The van der Waals surface area contributed by atoms with Gasteiger partial charge in [-0.25, -0.2) is 0 Å². The molecule has 0 amide bonds. The van der Waals surface area contributed by atoms with Gasteiger partial charge in [0.05, 0.1) is 0 Å². The molecule has 1 heterocycles. The van der Waals surface area contributed by atoms with E-state index in [4.69, 9.17) is 0 Å². The molecule has 0 aliphatic rings. The van der Waals surface area contributed by atoms with E-state index in [1.165, 1.54) is 0 Å². The molecule has 0 bridgehead atoms. The minimum atomic E-state index is 0.0650. The van der Waals surface area contributed by atoms with Gasteiger partial charge in [-0.1, -0.05) is 12.1 Å². The van der Waals surface area contributed by atoms with Gasteiger partial charge in [-0.05, 0) is 10.8 Å². The first-order chi connectivity index (χ1) is 3.91. The molecular formula is C4H4I2SZn. The van der Waals surface area contributed by atoms with Crippen molar-refractivity contribution in [1.82, 2.24) is 0 Å². The fourth-order valence-corrected chi connectivity index (χ4v) is 0.680. The first kappa shape index (κ1) is 9.78. The predicted molar refractivity (Wildman–Crippen MR) is 52.4 cm³/mol. The van der Waals surface area contributed by atoms with E-state index in [2.05, 4.69) is 39.5 Å². The smallest absolute Gasteiger partial charge is 0.00934 e. The Morgan fingerprint density at radius 1 is 1.12 bits per heavy atom. The Morgan fingerprint density at radius 3 is 1.62 bits per heavy atom. The van der Waals surface area contributed by atoms with Crippen LogP contribution in [0, 0.1) is 0 Å². The summed E-state index contributed by atoms with van der Waals surface area (Å²) in [6.45, 7) is 0. The summed E-state index contributed by atoms with van der Waals surface area (Å²) in [5.41, 5.74) is 0. The molecule has 0 saturated carbocycles. The molecular weight excluding hydrogens is 399 g/mol. The monoisotopic (exact) mass is 402 g/mol. The Bertz CT molecular complexity index is 80.9. The van der Waals surface area contributed by atoms with Crippen molar-refractivity contribution in [2.24, 2.45) is 0 Å². The average Bonchev–Trinajstić information content (AvgIpc) is 2.17. The van der Waals surface area contributed by atoms with Crippen molar-refractivity contribution in [3.8, 4) is 0 Å². The number of hydrogen-bond acceptors (Lipinski definition) is 1. The van der Waals surface area contributed by atoms with Gasteiger partial charge in [0.2, 0.25) is 0 Å². The number of hydrogen-bond donors (Lipinski definition) is 0. The summed E-state index contributed by atoms with van der Waals surface area (Å²) in [7, 11) is 0.0650. The van der Waals surface area contributed by atoms with Gasteiger partial charge >= 0.3 is 49.6 Å². The zero-order chi connectivity index (χ0) is 6.24. The molecule has 0 N–H and O–H groups in total. The van der Waals surface area contributed by atoms with Crippen LogP contribution in [-0.2, 0) is 10.1 Å². The number of thiophene rings is 1. The maximum Gasteiger partial charge on any atom is -0.00934 e. The molecule has 0 fully saturated rings. The van der Waals surface area contributed by atoms with Crippen LogP contribution in [0.2, 0.25) is 0 Å². The van der Waals surface area contributed by atoms with Crippen molar-refractivity contribution in [1.29, 1.82) is 0 Å². The van der Waals surface area contributed by atoms with E-state index in [9.17, 15) is 0 Å². The van der Waals surface area contributed by atoms with Crippen LogP contribution < -0.4 is 0 Å². The van der Waals surface area contributed by atoms with E-state index in [1.807, 2.05) is 22.9 Å². The first-order valence-corrected chi connectivity index (χ1v) is 21.0. The van der Waals surface area contributed by atoms with Crippen LogP contribution in [0.25, 0.3) is 0 Å². The summed E-state index contributed by atoms with van der Waals surface area (Å²) >= 11 is 6.64. The minimum absolute atomic E-state index is 0.0650. The Balaban J connectivity index is 0.000000145. The van der Waals surface area contributed by atoms with Gasteiger partial charge in [-0.2, -0.15) is 11.3 Å². The van der Waals surface area contributed by atoms with Crippen molar-refractivity contribution in [2.45, 2.75) is 0 Å². The molecule has 0 spiro atoms. The van der Waals surface area contributed by atoms with Crippen LogP contribution in [0.3, 0.4) is 0 Å². The molecule has 8 heavy (non-hydrogen) atoms. The van der Waals surface area contributed by atoms with Crippen LogP contribution in [0.5, 0.6) is 0 Å². The third-order valence-electron chi connectivity index (χ3n) is 0.425. The van der Waals surface area contributed by atoms with Crippen LogP contribution in [0.4, 0.5) is 0 Å². The van der Waals surface area contributed by atoms with Crippen molar-refractivity contribution >= 4 is 50.8 Å². The van der Waals surface area contributed by atoms with E-state index in [1.54, 1.807) is 11.3 Å². The van der Waals surface area contributed by atoms with Gasteiger partial charge in [0.25, 0.3) is 0 Å². The minimum Gasteiger partial charge on any atom is -0.152 e. The first-order valence-electron chi connectivity index (χ1n) is 2.01. The quantitative estimate of drug-likeness (QED) is 0.460. The molecule has 4 heteroatoms. The molecule has 1 aromatic rings. The summed E-state index contributed by atoms with van der Waals surface area (Å²) in [6, 6.07) is 4.04. The second-order valence-electron chi connectivity index (χ2n) is 0.894. The number of rotatable bonds is 0. The summed E-state index contributed by atoms with van der Waals surface area (Å²) < 4.78 is 0. The second kappa shape index (κ2) is 8.78. The zero-order valence-corrected chi connectivity index (χ0v) is 12.3. The molecule has 1 rings (SSSR count). The maximum atomic E-state index is 2.46. The maximum absolute atomic E-state index is 2.46. The molecule has 0 aliphatic heterocycles. The summed E-state index contributed by atoms with van der Waals surface area (Å²) in [4.78, 5) is 0. The van der Waals surface area contributed by atoms with Crippen molar-refractivity contribution in [3.63, 3.8) is 0 Å². The van der Waals surface area contributed by atoms with Gasteiger partial charge in [0.15, 0.2) is 0 Å². The van der Waals surface area contributed by atoms with Gasteiger partial charge in [-0.15, -0.1) is 0 Å². The second-order valence-corrected chi connectivity index (χ2v) is 25.2. The van der Waals surface area contributed by atoms with Gasteiger partial charge in [0.1, 0.15) is 0 Å². The largest absolute Gasteiger partial charge is 0.152 e. The van der Waals surface area contributed by atoms with Crippen LogP contribution in [0.15, 0.2) is 22.9 Å². The van der Waals surface area contributed by atoms with Gasteiger partial charge < -0.3 is 0 Å². The summed E-state index contributed by atoms with van der Waals surface area (Å²) in [5.74, 6) is 0. The molecule has 42 valence electrons. The summed E-state index contributed by atoms with van der Waals surface area (Å²) in [6.07, 6.45) is 0. The Morgan fingerprint density at radius 2 is 1.50 bits per heavy atom. The molecule has 1 aromatic heterocycles. The van der Waals surface area contributed by atoms with E-state index in [-0.39, 0.29) is 10.1 Å².